The van der Waals surface area contributed by atoms with E-state index in [1.54, 1.807) is 78.9 Å². The second kappa shape index (κ2) is 11.8. The summed E-state index contributed by atoms with van der Waals surface area (Å²) >= 11 is 27.0. The minimum absolute atomic E-state index is 0.346. The summed E-state index contributed by atoms with van der Waals surface area (Å²) in [6.45, 7) is 3.71. The van der Waals surface area contributed by atoms with Crippen LogP contribution in [0.15, 0.2) is 84.9 Å². The molecule has 4 aromatic carbocycles. The molecule has 0 fully saturated rings. The van der Waals surface area contributed by atoms with Crippen molar-refractivity contribution in [2.24, 2.45) is 0 Å². The predicted molar refractivity (Wildman–Crippen MR) is 159 cm³/mol. The molecule has 0 N–H and O–H groups in total. The molecule has 3 unspecified atom stereocenters. The summed E-state index contributed by atoms with van der Waals surface area (Å²) in [5.74, 6) is -2.38. The number of carbonyl (C=O) groups excluding carboxylic acids is 2. The third kappa shape index (κ3) is 5.34. The number of hydrogen-bond acceptors (Lipinski definition) is 4. The molecule has 0 spiro atoms. The van der Waals surface area contributed by atoms with Gasteiger partial charge in [0.05, 0.1) is 17.0 Å². The molecule has 0 radical (unpaired) electrons. The van der Waals surface area contributed by atoms with Crippen molar-refractivity contribution in [3.63, 3.8) is 0 Å². The second-order valence-electron chi connectivity index (χ2n) is 9.66. The van der Waals surface area contributed by atoms with Crippen LogP contribution in [0.2, 0.25) is 20.1 Å². The zero-order valence-corrected chi connectivity index (χ0v) is 24.6. The molecule has 1 aliphatic rings. The van der Waals surface area contributed by atoms with Gasteiger partial charge in [0, 0.05) is 26.0 Å². The highest BCUT2D eigenvalue weighted by Gasteiger charge is 2.49. The molecule has 204 valence electrons. The highest BCUT2D eigenvalue weighted by molar-refractivity contribution is 6.35. The summed E-state index contributed by atoms with van der Waals surface area (Å²) < 4.78 is 12.4. The van der Waals surface area contributed by atoms with Gasteiger partial charge in [-0.2, -0.15) is 0 Å². The first kappa shape index (κ1) is 28.5. The van der Waals surface area contributed by atoms with E-state index in [-0.39, 0.29) is 0 Å². The fourth-order valence-electron chi connectivity index (χ4n) is 5.36. The molecular weight excluding hydrogens is 590 g/mol. The zero-order chi connectivity index (χ0) is 28.6. The van der Waals surface area contributed by atoms with Crippen LogP contribution in [0, 0.1) is 6.92 Å². The first-order valence-corrected chi connectivity index (χ1v) is 14.1. The average Bonchev–Trinajstić information content (AvgIpc) is 2.96. The molecule has 0 saturated heterocycles. The lowest BCUT2D eigenvalue weighted by atomic mass is 9.70. The molecule has 4 nitrogen and oxygen atoms in total. The Labute approximate surface area is 252 Å². The van der Waals surface area contributed by atoms with Crippen LogP contribution in [0.3, 0.4) is 0 Å². The van der Waals surface area contributed by atoms with Gasteiger partial charge >= 0.3 is 11.9 Å². The van der Waals surface area contributed by atoms with Crippen LogP contribution in [0.5, 0.6) is 0 Å². The minimum atomic E-state index is -1.02. The van der Waals surface area contributed by atoms with Crippen molar-refractivity contribution in [3.05, 3.63) is 138 Å². The van der Waals surface area contributed by atoms with Crippen molar-refractivity contribution in [2.75, 3.05) is 0 Å². The normalized spacial score (nSPS) is 19.9. The third-order valence-electron chi connectivity index (χ3n) is 7.30. The molecule has 0 heterocycles. The van der Waals surface area contributed by atoms with Crippen molar-refractivity contribution in [3.8, 4) is 0 Å². The molecule has 4 atom stereocenters. The standard InChI is InChI=1S/C32H24Cl4O4/c1-17-21(33)13-14-22(34)25(17)28-27-24(36)16-15-23(35)26(27)18(2)29(39-31(37)19-9-5-3-6-10-19)30(28)40-32(38)20-11-7-4-8-12-20/h3-16,18,28-30H,1-2H3/t18?,28-,29?,30?/m0/s1. The first-order valence-electron chi connectivity index (χ1n) is 12.6. The lowest BCUT2D eigenvalue weighted by Crippen LogP contribution is -2.47. The molecule has 5 rings (SSSR count). The maximum Gasteiger partial charge on any atom is 0.338 e. The molecule has 0 aromatic heterocycles. The zero-order valence-electron chi connectivity index (χ0n) is 21.5. The van der Waals surface area contributed by atoms with Gasteiger partial charge in [-0.25, -0.2) is 9.59 Å². The first-order chi connectivity index (χ1) is 19.2. The van der Waals surface area contributed by atoms with Crippen molar-refractivity contribution in [1.29, 1.82) is 0 Å². The molecule has 4 aromatic rings. The van der Waals surface area contributed by atoms with Crippen LogP contribution >= 0.6 is 46.4 Å². The number of hydrogen-bond donors (Lipinski definition) is 0. The Morgan fingerprint density at radius 2 is 1.00 bits per heavy atom. The number of rotatable bonds is 5. The summed E-state index contributed by atoms with van der Waals surface area (Å²) in [4.78, 5) is 26.9. The average molecular weight is 614 g/mol. The SMILES string of the molecule is Cc1c(Cl)ccc(Cl)c1[C@H]1c2c(Cl)ccc(Cl)c2C(C)C(OC(=O)c2ccccc2)C1OC(=O)c1ccccc1. The van der Waals surface area contributed by atoms with E-state index in [2.05, 4.69) is 0 Å². The van der Waals surface area contributed by atoms with Crippen LogP contribution in [0.25, 0.3) is 0 Å². The highest BCUT2D eigenvalue weighted by Crippen LogP contribution is 2.52. The Kier molecular flexibility index (Phi) is 8.44. The topological polar surface area (TPSA) is 52.6 Å². The minimum Gasteiger partial charge on any atom is -0.454 e. The molecule has 0 amide bonds. The third-order valence-corrected chi connectivity index (χ3v) is 8.70. The van der Waals surface area contributed by atoms with E-state index in [4.69, 9.17) is 55.9 Å². The lowest BCUT2D eigenvalue weighted by molar-refractivity contribution is -0.0532. The fraction of sp³-hybridized carbons (Fsp3) is 0.188. The smallest absolute Gasteiger partial charge is 0.338 e. The van der Waals surface area contributed by atoms with E-state index in [1.165, 1.54) is 0 Å². The summed E-state index contributed by atoms with van der Waals surface area (Å²) in [5, 5.41) is 1.74. The van der Waals surface area contributed by atoms with Gasteiger partial charge in [0.25, 0.3) is 0 Å². The number of benzene rings is 4. The Bertz CT molecular complexity index is 1570. The fourth-order valence-corrected chi connectivity index (χ4v) is 6.47. The van der Waals surface area contributed by atoms with Crippen LogP contribution in [0.1, 0.15) is 61.7 Å². The number of fused-ring (bicyclic) bond motifs is 1. The summed E-state index contributed by atoms with van der Waals surface area (Å²) in [7, 11) is 0. The van der Waals surface area contributed by atoms with Crippen LogP contribution < -0.4 is 0 Å². The van der Waals surface area contributed by atoms with Crippen LogP contribution in [-0.2, 0) is 9.47 Å². The molecule has 8 heteroatoms. The molecule has 1 aliphatic carbocycles. The van der Waals surface area contributed by atoms with Crippen molar-refractivity contribution in [1.82, 2.24) is 0 Å². The van der Waals surface area contributed by atoms with Crippen LogP contribution in [-0.4, -0.2) is 24.1 Å². The Balaban J connectivity index is 1.73. The van der Waals surface area contributed by atoms with Gasteiger partial charge in [-0.15, -0.1) is 0 Å². The Morgan fingerprint density at radius 3 is 1.52 bits per heavy atom. The lowest BCUT2D eigenvalue weighted by Gasteiger charge is -2.43. The molecule has 0 saturated carbocycles. The van der Waals surface area contributed by atoms with Gasteiger partial charge in [-0.3, -0.25) is 0 Å². The van der Waals surface area contributed by atoms with E-state index >= 15 is 0 Å². The van der Waals surface area contributed by atoms with E-state index in [9.17, 15) is 9.59 Å². The predicted octanol–water partition coefficient (Wildman–Crippen LogP) is 9.31. The van der Waals surface area contributed by atoms with Gasteiger partial charge < -0.3 is 9.47 Å². The van der Waals surface area contributed by atoms with E-state index < -0.39 is 36.0 Å². The van der Waals surface area contributed by atoms with Gasteiger partial charge in [0.1, 0.15) is 6.10 Å². The maximum atomic E-state index is 13.5. The number of halogens is 4. The van der Waals surface area contributed by atoms with Gasteiger partial charge in [-0.1, -0.05) is 89.7 Å². The van der Waals surface area contributed by atoms with Crippen LogP contribution in [0.4, 0.5) is 0 Å². The number of esters is 2. The summed E-state index contributed by atoms with van der Waals surface area (Å²) in [6, 6.07) is 24.0. The van der Waals surface area contributed by atoms with E-state index in [0.717, 1.165) is 0 Å². The molecule has 0 bridgehead atoms. The highest BCUT2D eigenvalue weighted by atomic mass is 35.5. The summed E-state index contributed by atoms with van der Waals surface area (Å²) in [6.07, 6.45) is -1.96. The van der Waals surface area contributed by atoms with E-state index in [0.29, 0.717) is 53.5 Å². The van der Waals surface area contributed by atoms with Gasteiger partial charge in [0.2, 0.25) is 0 Å². The number of ether oxygens (including phenoxy) is 2. The van der Waals surface area contributed by atoms with Crippen molar-refractivity contribution >= 4 is 58.3 Å². The number of carbonyl (C=O) groups is 2. The monoisotopic (exact) mass is 612 g/mol. The quantitative estimate of drug-likeness (QED) is 0.210. The van der Waals surface area contributed by atoms with Gasteiger partial charge in [0.15, 0.2) is 6.10 Å². The Hall–Kier alpha value is -3.02. The van der Waals surface area contributed by atoms with Gasteiger partial charge in [-0.05, 0) is 77.7 Å². The van der Waals surface area contributed by atoms with E-state index in [1.807, 2.05) is 19.9 Å². The molecule has 0 aliphatic heterocycles. The largest absolute Gasteiger partial charge is 0.454 e. The van der Waals surface area contributed by atoms with Crippen molar-refractivity contribution < 1.29 is 19.1 Å². The Morgan fingerprint density at radius 1 is 0.575 bits per heavy atom. The summed E-state index contributed by atoms with van der Waals surface area (Å²) in [5.41, 5.74) is 3.33. The molecule has 40 heavy (non-hydrogen) atoms. The molecular formula is C32H24Cl4O4. The second-order valence-corrected chi connectivity index (χ2v) is 11.3. The van der Waals surface area contributed by atoms with Crippen molar-refractivity contribution in [2.45, 2.75) is 37.9 Å². The maximum absolute atomic E-state index is 13.5.